The average molecular weight is 458 g/mol. The number of carbonyl (C=O) groups excluding carboxylic acids is 2. The molecule has 32 heavy (non-hydrogen) atoms. The molecule has 9 heteroatoms. The number of ether oxygens (including phenoxy) is 3. The van der Waals surface area contributed by atoms with Gasteiger partial charge in [-0.3, -0.25) is 4.79 Å². The number of amides is 1. The highest BCUT2D eigenvalue weighted by Crippen LogP contribution is 2.47. The molecule has 170 valence electrons. The molecule has 0 aliphatic carbocycles. The molecule has 1 amide bonds. The molecule has 0 radical (unpaired) electrons. The monoisotopic (exact) mass is 457 g/mol. The lowest BCUT2D eigenvalue weighted by atomic mass is 9.92. The Hall–Kier alpha value is -2.78. The second-order valence-electron chi connectivity index (χ2n) is 7.51. The Morgan fingerprint density at radius 3 is 2.66 bits per heavy atom. The molecular formula is C23H27N3O5S. The van der Waals surface area contributed by atoms with E-state index in [1.54, 1.807) is 7.11 Å². The fourth-order valence-electron chi connectivity index (χ4n) is 4.18. The molecule has 1 saturated heterocycles. The van der Waals surface area contributed by atoms with Crippen LogP contribution in [0.5, 0.6) is 5.75 Å². The van der Waals surface area contributed by atoms with Gasteiger partial charge in [0.05, 0.1) is 51.2 Å². The first-order chi connectivity index (χ1) is 15.6. The summed E-state index contributed by atoms with van der Waals surface area (Å²) in [5.74, 6) is 0.257. The van der Waals surface area contributed by atoms with Crippen LogP contribution in [-0.4, -0.2) is 67.4 Å². The first-order valence-electron chi connectivity index (χ1n) is 10.6. The minimum atomic E-state index is -0.500. The summed E-state index contributed by atoms with van der Waals surface area (Å²) < 4.78 is 16.2. The van der Waals surface area contributed by atoms with Crippen LogP contribution in [0.25, 0.3) is 0 Å². The third kappa shape index (κ3) is 4.14. The zero-order chi connectivity index (χ0) is 22.7. The third-order valence-electron chi connectivity index (χ3n) is 5.76. The molecule has 1 atom stereocenters. The Morgan fingerprint density at radius 1 is 1.22 bits per heavy atom. The van der Waals surface area contributed by atoms with Crippen molar-refractivity contribution in [2.24, 2.45) is 4.99 Å². The molecule has 3 aliphatic rings. The SMILES string of the molecule is CCC1=C(C(=O)OC)C(c2ccccc2OC)N2C(CC(=O)N3CCOCC3)=CSC2=N1. The third-order valence-corrected chi connectivity index (χ3v) is 6.65. The first-order valence-corrected chi connectivity index (χ1v) is 11.5. The van der Waals surface area contributed by atoms with Crippen molar-refractivity contribution in [3.05, 3.63) is 52.2 Å². The largest absolute Gasteiger partial charge is 0.496 e. The highest BCUT2D eigenvalue weighted by molar-refractivity contribution is 8.16. The number of nitrogens with zero attached hydrogens (tertiary/aromatic N) is 3. The lowest BCUT2D eigenvalue weighted by Gasteiger charge is -2.37. The summed E-state index contributed by atoms with van der Waals surface area (Å²) in [6, 6.07) is 7.11. The molecule has 3 heterocycles. The zero-order valence-corrected chi connectivity index (χ0v) is 19.3. The molecule has 0 bridgehead atoms. The molecule has 1 aromatic carbocycles. The minimum absolute atomic E-state index is 0.0325. The topological polar surface area (TPSA) is 80.7 Å². The van der Waals surface area contributed by atoms with Crippen molar-refractivity contribution in [3.8, 4) is 5.75 Å². The molecule has 0 N–H and O–H groups in total. The Morgan fingerprint density at radius 2 is 1.97 bits per heavy atom. The fraction of sp³-hybridized carbons (Fsp3) is 0.435. The van der Waals surface area contributed by atoms with E-state index < -0.39 is 12.0 Å². The summed E-state index contributed by atoms with van der Waals surface area (Å²) in [5.41, 5.74) is 2.77. The highest BCUT2D eigenvalue weighted by atomic mass is 32.2. The number of amidine groups is 1. The maximum atomic E-state index is 13.0. The number of para-hydroxylation sites is 1. The van der Waals surface area contributed by atoms with E-state index in [1.807, 2.05) is 46.4 Å². The first kappa shape index (κ1) is 22.4. The van der Waals surface area contributed by atoms with Gasteiger partial charge in [0, 0.05) is 24.4 Å². The van der Waals surface area contributed by atoms with Gasteiger partial charge in [0.2, 0.25) is 5.91 Å². The van der Waals surface area contributed by atoms with Crippen LogP contribution < -0.4 is 4.74 Å². The number of allylic oxidation sites excluding steroid dienone is 1. The van der Waals surface area contributed by atoms with Crippen LogP contribution in [0.4, 0.5) is 0 Å². The lowest BCUT2D eigenvalue weighted by molar-refractivity contribution is -0.136. The number of benzene rings is 1. The second-order valence-corrected chi connectivity index (χ2v) is 8.35. The van der Waals surface area contributed by atoms with Gasteiger partial charge in [-0.25, -0.2) is 9.79 Å². The van der Waals surface area contributed by atoms with E-state index in [0.29, 0.717) is 49.7 Å². The Kier molecular flexibility index (Phi) is 6.86. The quantitative estimate of drug-likeness (QED) is 0.607. The number of methoxy groups -OCH3 is 2. The van der Waals surface area contributed by atoms with E-state index in [4.69, 9.17) is 19.2 Å². The summed E-state index contributed by atoms with van der Waals surface area (Å²) in [4.78, 5) is 34.5. The number of hydrogen-bond acceptors (Lipinski definition) is 8. The number of aliphatic imine (C=N–C) groups is 1. The molecule has 1 aromatic rings. The zero-order valence-electron chi connectivity index (χ0n) is 18.5. The van der Waals surface area contributed by atoms with E-state index in [2.05, 4.69) is 0 Å². The van der Waals surface area contributed by atoms with Gasteiger partial charge in [0.15, 0.2) is 5.17 Å². The summed E-state index contributed by atoms with van der Waals surface area (Å²) in [6.07, 6.45) is 0.795. The average Bonchev–Trinajstić information content (AvgIpc) is 3.24. The summed E-state index contributed by atoms with van der Waals surface area (Å²) >= 11 is 1.47. The predicted molar refractivity (Wildman–Crippen MR) is 122 cm³/mol. The van der Waals surface area contributed by atoms with Gasteiger partial charge < -0.3 is 24.0 Å². The van der Waals surface area contributed by atoms with Crippen LogP contribution in [0.1, 0.15) is 31.4 Å². The number of fused-ring (bicyclic) bond motifs is 1. The van der Waals surface area contributed by atoms with Crippen LogP contribution in [0.3, 0.4) is 0 Å². The van der Waals surface area contributed by atoms with Crippen LogP contribution in [0.2, 0.25) is 0 Å². The molecule has 3 aliphatic heterocycles. The van der Waals surface area contributed by atoms with E-state index >= 15 is 0 Å². The number of morpholine rings is 1. The van der Waals surface area contributed by atoms with Crippen molar-refractivity contribution in [2.75, 3.05) is 40.5 Å². The molecular weight excluding hydrogens is 430 g/mol. The van der Waals surface area contributed by atoms with E-state index in [-0.39, 0.29) is 12.3 Å². The van der Waals surface area contributed by atoms with E-state index in [9.17, 15) is 9.59 Å². The van der Waals surface area contributed by atoms with E-state index in [0.717, 1.165) is 16.4 Å². The molecule has 0 aromatic heterocycles. The summed E-state index contributed by atoms with van der Waals surface area (Å²) in [5, 5.41) is 2.70. The van der Waals surface area contributed by atoms with Crippen LogP contribution in [0.15, 0.2) is 51.6 Å². The second kappa shape index (κ2) is 9.79. The van der Waals surface area contributed by atoms with Crippen molar-refractivity contribution >= 4 is 28.8 Å². The van der Waals surface area contributed by atoms with Crippen molar-refractivity contribution in [3.63, 3.8) is 0 Å². The van der Waals surface area contributed by atoms with Gasteiger partial charge in [0.1, 0.15) is 5.75 Å². The Labute approximate surface area is 191 Å². The van der Waals surface area contributed by atoms with Crippen molar-refractivity contribution in [2.45, 2.75) is 25.8 Å². The molecule has 8 nitrogen and oxygen atoms in total. The molecule has 1 fully saturated rings. The Balaban J connectivity index is 1.75. The summed E-state index contributed by atoms with van der Waals surface area (Å²) in [6.45, 7) is 4.24. The molecule has 4 rings (SSSR count). The predicted octanol–water partition coefficient (Wildman–Crippen LogP) is 3.08. The number of hydrogen-bond donors (Lipinski definition) is 0. The number of thioether (sulfide) groups is 1. The van der Waals surface area contributed by atoms with Gasteiger partial charge in [-0.2, -0.15) is 0 Å². The minimum Gasteiger partial charge on any atom is -0.496 e. The fourth-order valence-corrected chi connectivity index (χ4v) is 5.12. The normalized spacial score (nSPS) is 20.5. The Bertz CT molecular complexity index is 997. The maximum Gasteiger partial charge on any atom is 0.338 e. The number of esters is 1. The van der Waals surface area contributed by atoms with Crippen LogP contribution in [0, 0.1) is 0 Å². The van der Waals surface area contributed by atoms with Crippen molar-refractivity contribution < 1.29 is 23.8 Å². The van der Waals surface area contributed by atoms with Gasteiger partial charge >= 0.3 is 5.97 Å². The molecule has 0 saturated carbocycles. The van der Waals surface area contributed by atoms with Crippen LogP contribution >= 0.6 is 11.8 Å². The molecule has 0 spiro atoms. The smallest absolute Gasteiger partial charge is 0.338 e. The van der Waals surface area contributed by atoms with Crippen molar-refractivity contribution in [1.29, 1.82) is 0 Å². The van der Waals surface area contributed by atoms with E-state index in [1.165, 1.54) is 18.9 Å². The maximum absolute atomic E-state index is 13.0. The van der Waals surface area contributed by atoms with Gasteiger partial charge in [-0.05, 0) is 17.9 Å². The number of rotatable bonds is 6. The van der Waals surface area contributed by atoms with Crippen LogP contribution in [-0.2, 0) is 19.1 Å². The summed E-state index contributed by atoms with van der Waals surface area (Å²) in [7, 11) is 2.98. The number of carbonyl (C=O) groups is 2. The lowest BCUT2D eigenvalue weighted by Crippen LogP contribution is -2.42. The highest BCUT2D eigenvalue weighted by Gasteiger charge is 2.42. The van der Waals surface area contributed by atoms with Gasteiger partial charge in [-0.1, -0.05) is 36.9 Å². The van der Waals surface area contributed by atoms with Gasteiger partial charge in [0.25, 0.3) is 0 Å². The molecule has 1 unspecified atom stereocenters. The standard InChI is InChI=1S/C23H27N3O5S/c1-4-17-20(22(28)30-3)21(16-7-5-6-8-18(16)29-2)26-15(14-32-23(26)24-17)13-19(27)25-9-11-31-12-10-25/h5-8,14,21H,4,9-13H2,1-3H3. The van der Waals surface area contributed by atoms with Gasteiger partial charge in [-0.15, -0.1) is 0 Å². The van der Waals surface area contributed by atoms with Crippen molar-refractivity contribution in [1.82, 2.24) is 9.80 Å².